The number of anilines is 1. The Hall–Kier alpha value is -3.93. The highest BCUT2D eigenvalue weighted by Gasteiger charge is 2.42. The van der Waals surface area contributed by atoms with Crippen LogP contribution in [0.1, 0.15) is 19.4 Å². The van der Waals surface area contributed by atoms with E-state index in [1.807, 2.05) is 13.8 Å². The van der Waals surface area contributed by atoms with Crippen molar-refractivity contribution in [2.75, 3.05) is 18.0 Å². The number of ether oxygens (including phenoxy) is 1. The third-order valence-corrected chi connectivity index (χ3v) is 6.30. The molecular formula is C25H26F2N4O5S. The van der Waals surface area contributed by atoms with Gasteiger partial charge in [0.2, 0.25) is 15.9 Å². The number of nitrogens with zero attached hydrogens (tertiary/aromatic N) is 1. The molecule has 0 aromatic heterocycles. The van der Waals surface area contributed by atoms with Crippen molar-refractivity contribution in [3.05, 3.63) is 71.6 Å². The summed E-state index contributed by atoms with van der Waals surface area (Å²) in [5.41, 5.74) is 1.28. The van der Waals surface area contributed by atoms with Crippen molar-refractivity contribution >= 4 is 33.1 Å². The highest BCUT2D eigenvalue weighted by molar-refractivity contribution is 7.92. The first kappa shape index (κ1) is 26.1. The van der Waals surface area contributed by atoms with Crippen molar-refractivity contribution in [3.63, 3.8) is 0 Å². The van der Waals surface area contributed by atoms with Crippen LogP contribution in [0.4, 0.5) is 14.5 Å². The average Bonchev–Trinajstić information content (AvgIpc) is 3.24. The number of likely N-dealkylation sites (N-methyl/N-ethyl adjacent to an activating group) is 1. The molecule has 2 unspecified atom stereocenters. The molecule has 2 atom stereocenters. The molecule has 2 aromatic rings. The van der Waals surface area contributed by atoms with Crippen LogP contribution in [-0.2, 0) is 19.6 Å². The first-order valence-electron chi connectivity index (χ1n) is 11.3. The molecule has 0 radical (unpaired) electrons. The predicted octanol–water partition coefficient (Wildman–Crippen LogP) is 2.94. The van der Waals surface area contributed by atoms with Crippen LogP contribution in [-0.4, -0.2) is 50.5 Å². The van der Waals surface area contributed by atoms with Gasteiger partial charge < -0.3 is 20.3 Å². The third-order valence-electron chi connectivity index (χ3n) is 5.69. The summed E-state index contributed by atoms with van der Waals surface area (Å²) < 4.78 is 59.7. The van der Waals surface area contributed by atoms with E-state index in [1.54, 1.807) is 19.3 Å². The van der Waals surface area contributed by atoms with Crippen LogP contribution in [0.2, 0.25) is 0 Å². The monoisotopic (exact) mass is 532 g/mol. The molecule has 37 heavy (non-hydrogen) atoms. The molecule has 2 aromatic carbocycles. The minimum Gasteiger partial charge on any atom is -0.454 e. The van der Waals surface area contributed by atoms with Gasteiger partial charge in [-0.25, -0.2) is 17.2 Å². The van der Waals surface area contributed by atoms with Crippen LogP contribution in [0, 0.1) is 17.6 Å². The van der Waals surface area contributed by atoms with Gasteiger partial charge in [0.05, 0.1) is 12.0 Å². The van der Waals surface area contributed by atoms with Crippen LogP contribution in [0.15, 0.2) is 54.4 Å². The predicted molar refractivity (Wildman–Crippen MR) is 134 cm³/mol. The van der Waals surface area contributed by atoms with Gasteiger partial charge in [-0.1, -0.05) is 0 Å². The number of sulfonamides is 1. The lowest BCUT2D eigenvalue weighted by molar-refractivity contribution is -0.130. The highest BCUT2D eigenvalue weighted by atomic mass is 32.2. The quantitative estimate of drug-likeness (QED) is 0.505. The topological polar surface area (TPSA) is 117 Å². The maximum atomic E-state index is 14.4. The summed E-state index contributed by atoms with van der Waals surface area (Å²) in [6.45, 7) is 3.62. The van der Waals surface area contributed by atoms with Crippen LogP contribution in [0.25, 0.3) is 5.57 Å². The molecule has 12 heteroatoms. The van der Waals surface area contributed by atoms with E-state index < -0.39 is 33.6 Å². The first-order valence-corrected chi connectivity index (χ1v) is 13.2. The SMILES string of the molecule is CC(C)NC(=O)C1=CC2C(c3cc(NS(C)(=O)=O)ccc3Oc3ccc(F)cc3F)=CN(C)C(=O)C2N1. The van der Waals surface area contributed by atoms with Gasteiger partial charge in [-0.2, -0.15) is 0 Å². The number of hydrogen-bond donors (Lipinski definition) is 3. The fourth-order valence-corrected chi connectivity index (χ4v) is 4.73. The van der Waals surface area contributed by atoms with E-state index in [1.165, 1.54) is 23.1 Å². The maximum absolute atomic E-state index is 14.4. The number of nitrogens with one attached hydrogen (secondary N) is 3. The van der Waals surface area contributed by atoms with Crippen molar-refractivity contribution in [3.8, 4) is 11.5 Å². The van der Waals surface area contributed by atoms with E-state index in [0.717, 1.165) is 18.4 Å². The molecule has 0 saturated carbocycles. The summed E-state index contributed by atoms with van der Waals surface area (Å²) in [7, 11) is -2.08. The Morgan fingerprint density at radius 3 is 2.49 bits per heavy atom. The van der Waals surface area contributed by atoms with E-state index in [2.05, 4.69) is 15.4 Å². The van der Waals surface area contributed by atoms with Gasteiger partial charge in [0.15, 0.2) is 11.6 Å². The lowest BCUT2D eigenvalue weighted by Crippen LogP contribution is -2.48. The van der Waals surface area contributed by atoms with E-state index in [4.69, 9.17) is 4.74 Å². The molecule has 0 saturated heterocycles. The number of halogens is 2. The summed E-state index contributed by atoms with van der Waals surface area (Å²) >= 11 is 0. The number of carbonyl (C=O) groups excluding carboxylic acids is 2. The van der Waals surface area contributed by atoms with Gasteiger partial charge in [-0.3, -0.25) is 14.3 Å². The Morgan fingerprint density at radius 1 is 1.14 bits per heavy atom. The molecule has 4 rings (SSSR count). The van der Waals surface area contributed by atoms with E-state index in [0.29, 0.717) is 17.2 Å². The molecular weight excluding hydrogens is 506 g/mol. The fraction of sp³-hybridized carbons (Fsp3) is 0.280. The smallest absolute Gasteiger partial charge is 0.267 e. The van der Waals surface area contributed by atoms with Crippen LogP contribution in [0.3, 0.4) is 0 Å². The summed E-state index contributed by atoms with van der Waals surface area (Å²) in [6.07, 6.45) is 4.17. The highest BCUT2D eigenvalue weighted by Crippen LogP contribution is 2.42. The van der Waals surface area contributed by atoms with Crippen molar-refractivity contribution in [1.29, 1.82) is 0 Å². The van der Waals surface area contributed by atoms with Crippen molar-refractivity contribution in [2.24, 2.45) is 5.92 Å². The minimum absolute atomic E-state index is 0.129. The molecule has 9 nitrogen and oxygen atoms in total. The Morgan fingerprint density at radius 2 is 1.84 bits per heavy atom. The summed E-state index contributed by atoms with van der Waals surface area (Å²) in [5.74, 6) is -3.10. The van der Waals surface area contributed by atoms with Gasteiger partial charge in [-0.05, 0) is 55.8 Å². The second-order valence-electron chi connectivity index (χ2n) is 9.15. The zero-order chi connectivity index (χ0) is 27.1. The van der Waals surface area contributed by atoms with Gasteiger partial charge in [0.25, 0.3) is 5.91 Å². The second kappa shape index (κ2) is 9.85. The summed E-state index contributed by atoms with van der Waals surface area (Å²) in [5, 5.41) is 5.76. The molecule has 0 bridgehead atoms. The van der Waals surface area contributed by atoms with Gasteiger partial charge in [0.1, 0.15) is 17.6 Å². The lowest BCUT2D eigenvalue weighted by atomic mass is 9.85. The first-order chi connectivity index (χ1) is 17.3. The van der Waals surface area contributed by atoms with Crippen molar-refractivity contribution < 1.29 is 31.5 Å². The van der Waals surface area contributed by atoms with Crippen LogP contribution in [0.5, 0.6) is 11.5 Å². The summed E-state index contributed by atoms with van der Waals surface area (Å²) in [6, 6.07) is 6.29. The number of carbonyl (C=O) groups is 2. The number of amides is 2. The normalized spacial score (nSPS) is 19.1. The van der Waals surface area contributed by atoms with E-state index in [9.17, 15) is 26.8 Å². The van der Waals surface area contributed by atoms with E-state index >= 15 is 0 Å². The zero-order valence-electron chi connectivity index (χ0n) is 20.5. The number of benzene rings is 2. The van der Waals surface area contributed by atoms with Gasteiger partial charge >= 0.3 is 0 Å². The lowest BCUT2D eigenvalue weighted by Gasteiger charge is -2.32. The Labute approximate surface area is 213 Å². The third kappa shape index (κ3) is 5.74. The molecule has 2 amide bonds. The molecule has 3 N–H and O–H groups in total. The fourth-order valence-electron chi connectivity index (χ4n) is 4.17. The minimum atomic E-state index is -3.63. The molecule has 2 aliphatic rings. The van der Waals surface area contributed by atoms with Crippen molar-refractivity contribution in [2.45, 2.75) is 25.9 Å². The van der Waals surface area contributed by atoms with Gasteiger partial charge in [-0.15, -0.1) is 0 Å². The summed E-state index contributed by atoms with van der Waals surface area (Å²) in [4.78, 5) is 26.9. The molecule has 196 valence electrons. The van der Waals surface area contributed by atoms with Crippen LogP contribution < -0.4 is 20.1 Å². The standard InChI is InChI=1S/C25H26F2N4O5S/c1-13(2)28-24(32)20-11-17-18(12-31(3)25(33)23(17)29-20)16-10-15(30-37(4,34)35)6-8-21(16)36-22-7-5-14(26)9-19(22)27/h5-13,17,23,29-30H,1-4H3,(H,28,32). The Kier molecular flexibility index (Phi) is 6.96. The molecule has 2 aliphatic heterocycles. The molecule has 0 spiro atoms. The number of fused-ring (bicyclic) bond motifs is 1. The number of rotatable bonds is 7. The molecule has 2 heterocycles. The van der Waals surface area contributed by atoms with Crippen LogP contribution >= 0.6 is 0 Å². The Balaban J connectivity index is 1.82. The number of hydrogen-bond acceptors (Lipinski definition) is 6. The molecule has 0 fully saturated rings. The Bertz CT molecular complexity index is 1440. The average molecular weight is 533 g/mol. The zero-order valence-corrected chi connectivity index (χ0v) is 21.3. The maximum Gasteiger partial charge on any atom is 0.267 e. The van der Waals surface area contributed by atoms with Gasteiger partial charge in [0, 0.05) is 42.5 Å². The largest absolute Gasteiger partial charge is 0.454 e. The van der Waals surface area contributed by atoms with Crippen molar-refractivity contribution in [1.82, 2.24) is 15.5 Å². The molecule has 0 aliphatic carbocycles. The van der Waals surface area contributed by atoms with E-state index in [-0.39, 0.29) is 40.7 Å². The second-order valence-corrected chi connectivity index (χ2v) is 10.9.